The maximum atomic E-state index is 12.8. The predicted octanol–water partition coefficient (Wildman–Crippen LogP) is 1.93. The highest BCUT2D eigenvalue weighted by molar-refractivity contribution is 5.82. The first-order chi connectivity index (χ1) is 13.7. The Balaban J connectivity index is 1.97. The number of aromatic nitrogens is 1. The minimum Gasteiger partial charge on any atom is -0.396 e. The first kappa shape index (κ1) is 21.6. The number of hydrogen-bond donors (Lipinski definition) is 2. The Bertz CT molecular complexity index is 850. The van der Waals surface area contributed by atoms with Crippen molar-refractivity contribution >= 4 is 12.0 Å². The molecule has 0 aromatic carbocycles. The molecule has 0 saturated carbocycles. The smallest absolute Gasteiger partial charge is 0.396 e. The lowest BCUT2D eigenvalue weighted by Crippen LogP contribution is -2.50. The van der Waals surface area contributed by atoms with Crippen LogP contribution in [0.15, 0.2) is 23.0 Å². The van der Waals surface area contributed by atoms with Crippen LogP contribution in [0, 0.1) is 11.8 Å². The molecule has 0 spiro atoms. The molecule has 2 N–H and O–H groups in total. The SMILES string of the molecule is C/C=C/c1ccc2n(c1=O)C[C@@H]1[C@@H](CO)[C@H](C(=O)NCC(F)(F)F)N(CCC)[C@H]21. The summed E-state index contributed by atoms with van der Waals surface area (Å²) in [6.45, 7) is 2.81. The molecule has 3 rings (SSSR count). The lowest BCUT2D eigenvalue weighted by molar-refractivity contribution is -0.142. The number of aliphatic hydroxyl groups is 1. The van der Waals surface area contributed by atoms with Crippen molar-refractivity contribution in [3.8, 4) is 0 Å². The summed E-state index contributed by atoms with van der Waals surface area (Å²) < 4.78 is 39.4. The summed E-state index contributed by atoms with van der Waals surface area (Å²) >= 11 is 0. The Morgan fingerprint density at radius 2 is 2.10 bits per heavy atom. The largest absolute Gasteiger partial charge is 0.405 e. The van der Waals surface area contributed by atoms with E-state index in [1.165, 1.54) is 0 Å². The molecular weight excluding hydrogens is 387 g/mol. The van der Waals surface area contributed by atoms with E-state index < -0.39 is 30.6 Å². The summed E-state index contributed by atoms with van der Waals surface area (Å²) in [6, 6.07) is 2.41. The van der Waals surface area contributed by atoms with Gasteiger partial charge in [0.25, 0.3) is 5.56 Å². The van der Waals surface area contributed by atoms with E-state index in [9.17, 15) is 27.9 Å². The molecule has 29 heavy (non-hydrogen) atoms. The molecule has 0 aliphatic carbocycles. The number of alkyl halides is 3. The van der Waals surface area contributed by atoms with Crippen molar-refractivity contribution in [1.82, 2.24) is 14.8 Å². The van der Waals surface area contributed by atoms with Crippen LogP contribution in [0.4, 0.5) is 13.2 Å². The number of carbonyl (C=O) groups excluding carboxylic acids is 1. The zero-order chi connectivity index (χ0) is 21.3. The van der Waals surface area contributed by atoms with Crippen LogP contribution in [0.3, 0.4) is 0 Å². The van der Waals surface area contributed by atoms with Crippen molar-refractivity contribution in [3.05, 3.63) is 39.8 Å². The van der Waals surface area contributed by atoms with E-state index in [1.807, 2.05) is 30.1 Å². The molecule has 9 heteroatoms. The Kier molecular flexibility index (Phi) is 6.19. The van der Waals surface area contributed by atoms with Crippen molar-refractivity contribution in [2.75, 3.05) is 19.7 Å². The molecule has 2 aliphatic rings. The highest BCUT2D eigenvalue weighted by Gasteiger charge is 2.55. The summed E-state index contributed by atoms with van der Waals surface area (Å²) in [5.41, 5.74) is 1.16. The molecule has 4 atom stereocenters. The number of likely N-dealkylation sites (tertiary alicyclic amines) is 1. The molecule has 1 aromatic heterocycles. The average Bonchev–Trinajstić information content (AvgIpc) is 3.17. The number of carbonyl (C=O) groups is 1. The van der Waals surface area contributed by atoms with Crippen LogP contribution in [0.2, 0.25) is 0 Å². The maximum absolute atomic E-state index is 12.8. The fourth-order valence-electron chi connectivity index (χ4n) is 4.74. The molecule has 0 unspecified atom stereocenters. The molecule has 1 amide bonds. The molecule has 160 valence electrons. The van der Waals surface area contributed by atoms with Gasteiger partial charge in [-0.1, -0.05) is 19.1 Å². The standard InChI is InChI=1S/C20H26F3N3O3/c1-3-5-12-6-7-15-16-13(9-26(15)19(12)29)14(10-27)17(25(16)8-4-2)18(28)24-11-20(21,22)23/h3,5-7,13-14,16-17,27H,4,8-11H2,1-2H3,(H,24,28)/b5-3+/t13-,14-,16+,17-/m1/s1. The van der Waals surface area contributed by atoms with Gasteiger partial charge in [-0.05, 0) is 32.0 Å². The molecule has 1 fully saturated rings. The number of nitrogens with zero attached hydrogens (tertiary/aromatic N) is 2. The molecular formula is C20H26F3N3O3. The minimum atomic E-state index is -4.50. The van der Waals surface area contributed by atoms with Gasteiger partial charge in [0.05, 0.1) is 12.1 Å². The number of hydrogen-bond acceptors (Lipinski definition) is 4. The van der Waals surface area contributed by atoms with Crippen molar-refractivity contribution in [2.45, 2.75) is 45.1 Å². The van der Waals surface area contributed by atoms with Gasteiger partial charge in [-0.25, -0.2) is 0 Å². The maximum Gasteiger partial charge on any atom is 0.405 e. The number of halogens is 3. The second-order valence-corrected chi connectivity index (χ2v) is 7.60. The van der Waals surface area contributed by atoms with Gasteiger partial charge >= 0.3 is 6.18 Å². The van der Waals surface area contributed by atoms with Crippen LogP contribution in [0.1, 0.15) is 37.6 Å². The number of nitrogens with one attached hydrogen (secondary N) is 1. The molecule has 1 saturated heterocycles. The normalized spacial score (nSPS) is 26.7. The third-order valence-corrected chi connectivity index (χ3v) is 5.78. The first-order valence-corrected chi connectivity index (χ1v) is 9.81. The van der Waals surface area contributed by atoms with Gasteiger partial charge in [-0.15, -0.1) is 0 Å². The van der Waals surface area contributed by atoms with Crippen LogP contribution >= 0.6 is 0 Å². The lowest BCUT2D eigenvalue weighted by atomic mass is 9.88. The first-order valence-electron chi connectivity index (χ1n) is 9.81. The van der Waals surface area contributed by atoms with E-state index in [4.69, 9.17) is 0 Å². The van der Waals surface area contributed by atoms with Crippen molar-refractivity contribution < 1.29 is 23.1 Å². The van der Waals surface area contributed by atoms with Gasteiger partial charge in [-0.3, -0.25) is 14.5 Å². The minimum absolute atomic E-state index is 0.138. The van der Waals surface area contributed by atoms with Gasteiger partial charge in [0.15, 0.2) is 0 Å². The zero-order valence-electron chi connectivity index (χ0n) is 16.4. The Morgan fingerprint density at radius 3 is 2.69 bits per heavy atom. The lowest BCUT2D eigenvalue weighted by Gasteiger charge is -2.30. The van der Waals surface area contributed by atoms with Crippen LogP contribution < -0.4 is 10.9 Å². The van der Waals surface area contributed by atoms with Crippen LogP contribution in [0.25, 0.3) is 6.08 Å². The van der Waals surface area contributed by atoms with Crippen LogP contribution in [-0.2, 0) is 11.3 Å². The van der Waals surface area contributed by atoms with E-state index in [-0.39, 0.29) is 24.1 Å². The number of aliphatic hydroxyl groups excluding tert-OH is 1. The van der Waals surface area contributed by atoms with Gasteiger partial charge < -0.3 is 15.0 Å². The number of allylic oxidation sites excluding steroid dienone is 1. The quantitative estimate of drug-likeness (QED) is 0.748. The van der Waals surface area contributed by atoms with Crippen molar-refractivity contribution in [3.63, 3.8) is 0 Å². The monoisotopic (exact) mass is 413 g/mol. The molecule has 3 heterocycles. The second kappa shape index (κ2) is 8.31. The van der Waals surface area contributed by atoms with E-state index in [2.05, 4.69) is 0 Å². The summed E-state index contributed by atoms with van der Waals surface area (Å²) in [7, 11) is 0. The number of fused-ring (bicyclic) bond motifs is 3. The van der Waals surface area contributed by atoms with Gasteiger partial charge in [-0.2, -0.15) is 13.2 Å². The highest BCUT2D eigenvalue weighted by Crippen LogP contribution is 2.49. The fraction of sp³-hybridized carbons (Fsp3) is 0.600. The number of pyridine rings is 1. The van der Waals surface area contributed by atoms with Gasteiger partial charge in [0.1, 0.15) is 6.54 Å². The Morgan fingerprint density at radius 1 is 1.38 bits per heavy atom. The number of rotatable bonds is 6. The second-order valence-electron chi connectivity index (χ2n) is 7.60. The van der Waals surface area contributed by atoms with Gasteiger partial charge in [0.2, 0.25) is 5.91 Å². The number of amides is 1. The Hall–Kier alpha value is -2.13. The van der Waals surface area contributed by atoms with E-state index in [1.54, 1.807) is 22.8 Å². The molecule has 2 aliphatic heterocycles. The summed E-state index contributed by atoms with van der Waals surface area (Å²) in [6.07, 6.45) is -0.312. The van der Waals surface area contributed by atoms with Crippen LogP contribution in [0.5, 0.6) is 0 Å². The Labute approximate surface area is 167 Å². The zero-order valence-corrected chi connectivity index (χ0v) is 16.4. The summed E-state index contributed by atoms with van der Waals surface area (Å²) in [5.74, 6) is -1.50. The van der Waals surface area contributed by atoms with E-state index in [0.717, 1.165) is 5.69 Å². The van der Waals surface area contributed by atoms with E-state index >= 15 is 0 Å². The average molecular weight is 413 g/mol. The van der Waals surface area contributed by atoms with Crippen LogP contribution in [-0.4, -0.2) is 52.4 Å². The molecule has 0 bridgehead atoms. The van der Waals surface area contributed by atoms with Crippen molar-refractivity contribution in [2.24, 2.45) is 11.8 Å². The summed E-state index contributed by atoms with van der Waals surface area (Å²) in [5, 5.41) is 12.0. The third-order valence-electron chi connectivity index (χ3n) is 5.78. The molecule has 6 nitrogen and oxygen atoms in total. The third kappa shape index (κ3) is 3.98. The highest BCUT2D eigenvalue weighted by atomic mass is 19.4. The fourth-order valence-corrected chi connectivity index (χ4v) is 4.74. The molecule has 0 radical (unpaired) electrons. The predicted molar refractivity (Wildman–Crippen MR) is 102 cm³/mol. The summed E-state index contributed by atoms with van der Waals surface area (Å²) in [4.78, 5) is 27.3. The molecule has 1 aromatic rings. The van der Waals surface area contributed by atoms with E-state index in [0.29, 0.717) is 25.1 Å². The van der Waals surface area contributed by atoms with Gasteiger partial charge in [0, 0.05) is 36.2 Å². The topological polar surface area (TPSA) is 74.6 Å². The van der Waals surface area contributed by atoms with Crippen molar-refractivity contribution in [1.29, 1.82) is 0 Å².